The van der Waals surface area contributed by atoms with Crippen LogP contribution in [0.25, 0.3) is 0 Å². The molecule has 2 aromatic heterocycles. The number of aromatic nitrogens is 3. The highest BCUT2D eigenvalue weighted by Gasteiger charge is 2.26. The van der Waals surface area contributed by atoms with Crippen molar-refractivity contribution in [2.75, 3.05) is 0 Å². The molecule has 0 saturated heterocycles. The molecular weight excluding hydrogens is 344 g/mol. The van der Waals surface area contributed by atoms with E-state index in [1.54, 1.807) is 0 Å². The Morgan fingerprint density at radius 2 is 2.11 bits per heavy atom. The smallest absolute Gasteiger partial charge is 0.0638 e. The monoisotopic (exact) mass is 372 g/mol. The number of fused-ring (bicyclic) bond motifs is 1. The average molecular weight is 373 g/mol. The number of nitrogens with zero attached hydrogens (tertiary/aromatic N) is 4. The number of allylic oxidation sites excluding steroid dienone is 1. The van der Waals surface area contributed by atoms with E-state index in [2.05, 4.69) is 65.0 Å². The van der Waals surface area contributed by atoms with E-state index in [0.717, 1.165) is 25.3 Å². The van der Waals surface area contributed by atoms with Crippen molar-refractivity contribution in [2.45, 2.75) is 51.9 Å². The van der Waals surface area contributed by atoms with Gasteiger partial charge in [-0.1, -0.05) is 36.4 Å². The lowest BCUT2D eigenvalue weighted by Crippen LogP contribution is -2.30. The maximum absolute atomic E-state index is 4.66. The molecule has 2 heterocycles. The van der Waals surface area contributed by atoms with Crippen molar-refractivity contribution in [3.8, 4) is 0 Å². The van der Waals surface area contributed by atoms with E-state index in [1.807, 2.05) is 29.2 Å². The van der Waals surface area contributed by atoms with Crippen LogP contribution in [0.5, 0.6) is 0 Å². The molecule has 0 N–H and O–H groups in total. The van der Waals surface area contributed by atoms with Gasteiger partial charge >= 0.3 is 0 Å². The average Bonchev–Trinajstić information content (AvgIpc) is 3.07. The van der Waals surface area contributed by atoms with Crippen LogP contribution in [0, 0.1) is 6.92 Å². The third-order valence-corrected chi connectivity index (χ3v) is 5.62. The van der Waals surface area contributed by atoms with E-state index in [1.165, 1.54) is 41.5 Å². The van der Waals surface area contributed by atoms with Crippen molar-refractivity contribution in [1.29, 1.82) is 0 Å². The van der Waals surface area contributed by atoms with Crippen LogP contribution in [0.15, 0.2) is 67.6 Å². The Kier molecular flexibility index (Phi) is 5.68. The van der Waals surface area contributed by atoms with Crippen LogP contribution in [0.2, 0.25) is 0 Å². The van der Waals surface area contributed by atoms with Crippen LogP contribution in [-0.2, 0) is 26.1 Å². The molecule has 0 unspecified atom stereocenters. The topological polar surface area (TPSA) is 34.0 Å². The summed E-state index contributed by atoms with van der Waals surface area (Å²) in [6.45, 7) is 8.45. The molecule has 1 aliphatic carbocycles. The molecule has 144 valence electrons. The van der Waals surface area contributed by atoms with E-state index >= 15 is 0 Å². The highest BCUT2D eigenvalue weighted by Crippen LogP contribution is 2.36. The largest absolute Gasteiger partial charge is 0.288 e. The second kappa shape index (κ2) is 8.53. The van der Waals surface area contributed by atoms with Crippen LogP contribution >= 0.6 is 0 Å². The van der Waals surface area contributed by atoms with E-state index in [4.69, 9.17) is 0 Å². The van der Waals surface area contributed by atoms with Crippen LogP contribution < -0.4 is 0 Å². The fourth-order valence-electron chi connectivity index (χ4n) is 4.27. The Morgan fingerprint density at radius 1 is 1.21 bits per heavy atom. The number of benzene rings is 1. The quantitative estimate of drug-likeness (QED) is 0.556. The lowest BCUT2D eigenvalue weighted by Gasteiger charge is -2.36. The summed E-state index contributed by atoms with van der Waals surface area (Å²) in [5.41, 5.74) is 6.61. The minimum absolute atomic E-state index is 0.423. The molecule has 1 aliphatic rings. The van der Waals surface area contributed by atoms with Crippen molar-refractivity contribution in [3.05, 3.63) is 95.6 Å². The zero-order valence-electron chi connectivity index (χ0n) is 16.6. The summed E-state index contributed by atoms with van der Waals surface area (Å²) in [7, 11) is 0. The SMILES string of the molecule is C=CCn1cc(CN(Cc2cccnc2)[C@H]2CCCc3ccccc32)c(C)n1. The van der Waals surface area contributed by atoms with E-state index in [-0.39, 0.29) is 0 Å². The second-order valence-corrected chi connectivity index (χ2v) is 7.62. The van der Waals surface area contributed by atoms with E-state index in [9.17, 15) is 0 Å². The van der Waals surface area contributed by atoms with Gasteiger partial charge in [-0.05, 0) is 48.9 Å². The third-order valence-electron chi connectivity index (χ3n) is 5.62. The Morgan fingerprint density at radius 3 is 2.93 bits per heavy atom. The van der Waals surface area contributed by atoms with Crippen LogP contribution in [0.3, 0.4) is 0 Å². The highest BCUT2D eigenvalue weighted by atomic mass is 15.3. The fraction of sp³-hybridized carbons (Fsp3) is 0.333. The molecule has 0 spiro atoms. The van der Waals surface area contributed by atoms with Gasteiger partial charge in [-0.25, -0.2) is 0 Å². The molecule has 0 radical (unpaired) electrons. The lowest BCUT2D eigenvalue weighted by atomic mass is 9.86. The van der Waals surface area contributed by atoms with Gasteiger partial charge in [0.05, 0.1) is 12.2 Å². The van der Waals surface area contributed by atoms with Crippen LogP contribution in [-0.4, -0.2) is 19.7 Å². The summed E-state index contributed by atoms with van der Waals surface area (Å²) in [5.74, 6) is 0. The van der Waals surface area contributed by atoms with Crippen LogP contribution in [0.1, 0.15) is 46.8 Å². The molecule has 3 aromatic rings. The molecule has 0 saturated carbocycles. The molecule has 28 heavy (non-hydrogen) atoms. The normalized spacial score (nSPS) is 16.1. The molecule has 0 fully saturated rings. The number of aryl methyl sites for hydroxylation is 2. The first-order valence-electron chi connectivity index (χ1n) is 10.1. The number of hydrogen-bond acceptors (Lipinski definition) is 3. The summed E-state index contributed by atoms with van der Waals surface area (Å²) < 4.78 is 1.98. The summed E-state index contributed by atoms with van der Waals surface area (Å²) in [6.07, 6.45) is 11.5. The molecule has 1 atom stereocenters. The predicted octanol–water partition coefficient (Wildman–Crippen LogP) is 4.85. The highest BCUT2D eigenvalue weighted by molar-refractivity contribution is 5.32. The van der Waals surface area contributed by atoms with Crippen molar-refractivity contribution < 1.29 is 0 Å². The Balaban J connectivity index is 1.66. The zero-order valence-corrected chi connectivity index (χ0v) is 16.6. The standard InChI is InChI=1S/C24H28N4/c1-3-14-28-18-22(19(2)26-28)17-27(16-20-8-7-13-25-15-20)24-12-6-10-21-9-4-5-11-23(21)24/h3-5,7-9,11,13,15,18,24H,1,6,10,12,14,16-17H2,2H3/t24-/m0/s1. The summed E-state index contributed by atoms with van der Waals surface area (Å²) in [4.78, 5) is 6.92. The third kappa shape index (κ3) is 4.07. The Bertz CT molecular complexity index is 929. The molecular formula is C24H28N4. The maximum atomic E-state index is 4.66. The van der Waals surface area contributed by atoms with Gasteiger partial charge in [-0.15, -0.1) is 6.58 Å². The van der Waals surface area contributed by atoms with E-state index < -0.39 is 0 Å². The second-order valence-electron chi connectivity index (χ2n) is 7.62. The van der Waals surface area contributed by atoms with Gasteiger partial charge < -0.3 is 0 Å². The summed E-state index contributed by atoms with van der Waals surface area (Å²) >= 11 is 0. The maximum Gasteiger partial charge on any atom is 0.0638 e. The number of pyridine rings is 1. The molecule has 0 amide bonds. The van der Waals surface area contributed by atoms with Gasteiger partial charge in [0.2, 0.25) is 0 Å². The van der Waals surface area contributed by atoms with Gasteiger partial charge in [0.1, 0.15) is 0 Å². The first kappa shape index (κ1) is 18.6. The predicted molar refractivity (Wildman–Crippen MR) is 113 cm³/mol. The first-order chi connectivity index (χ1) is 13.7. The minimum atomic E-state index is 0.423. The zero-order chi connectivity index (χ0) is 19.3. The Labute approximate surface area is 167 Å². The van der Waals surface area contributed by atoms with Crippen molar-refractivity contribution >= 4 is 0 Å². The van der Waals surface area contributed by atoms with Crippen molar-refractivity contribution in [3.63, 3.8) is 0 Å². The van der Waals surface area contributed by atoms with Gasteiger partial charge in [0.15, 0.2) is 0 Å². The minimum Gasteiger partial charge on any atom is -0.288 e. The fourth-order valence-corrected chi connectivity index (χ4v) is 4.27. The van der Waals surface area contributed by atoms with Crippen LogP contribution in [0.4, 0.5) is 0 Å². The lowest BCUT2D eigenvalue weighted by molar-refractivity contribution is 0.160. The molecule has 0 aliphatic heterocycles. The number of hydrogen-bond donors (Lipinski definition) is 0. The molecule has 1 aromatic carbocycles. The molecule has 0 bridgehead atoms. The number of rotatable bonds is 7. The molecule has 4 nitrogen and oxygen atoms in total. The van der Waals surface area contributed by atoms with Gasteiger partial charge in [-0.3, -0.25) is 14.6 Å². The summed E-state index contributed by atoms with van der Waals surface area (Å²) in [6, 6.07) is 13.6. The molecule has 4 rings (SSSR count). The summed E-state index contributed by atoms with van der Waals surface area (Å²) in [5, 5.41) is 4.66. The van der Waals surface area contributed by atoms with Gasteiger partial charge in [0.25, 0.3) is 0 Å². The van der Waals surface area contributed by atoms with E-state index in [0.29, 0.717) is 6.04 Å². The Hall–Kier alpha value is -2.72. The van der Waals surface area contributed by atoms with Gasteiger partial charge in [0, 0.05) is 43.3 Å². The first-order valence-corrected chi connectivity index (χ1v) is 10.1. The van der Waals surface area contributed by atoms with Gasteiger partial charge in [-0.2, -0.15) is 5.10 Å². The van der Waals surface area contributed by atoms with Crippen molar-refractivity contribution in [2.24, 2.45) is 0 Å². The molecule has 4 heteroatoms. The van der Waals surface area contributed by atoms with Crippen molar-refractivity contribution in [1.82, 2.24) is 19.7 Å².